The third-order valence-corrected chi connectivity index (χ3v) is 7.59. The fourth-order valence-electron chi connectivity index (χ4n) is 3.54. The van der Waals surface area contributed by atoms with Crippen LogP contribution in [0.4, 0.5) is 0 Å². The van der Waals surface area contributed by atoms with Crippen molar-refractivity contribution in [2.24, 2.45) is 5.92 Å². The Morgan fingerprint density at radius 3 is 2.76 bits per heavy atom. The lowest BCUT2D eigenvalue weighted by molar-refractivity contribution is 0.0375. The average molecular weight is 363 g/mol. The molecule has 1 amide bonds. The van der Waals surface area contributed by atoms with Crippen molar-refractivity contribution in [1.82, 2.24) is 14.9 Å². The molecule has 4 heterocycles. The van der Waals surface area contributed by atoms with Gasteiger partial charge in [0.25, 0.3) is 5.91 Å². The Morgan fingerprint density at radius 2 is 2.08 bits per heavy atom. The molecule has 2 aliphatic heterocycles. The molecule has 2 aliphatic rings. The fraction of sp³-hybridized carbons (Fsp3) is 0.438. The molecule has 8 nitrogen and oxygen atoms in total. The lowest BCUT2D eigenvalue weighted by atomic mass is 9.83. The summed E-state index contributed by atoms with van der Waals surface area (Å²) in [5.74, 6) is -0.152. The van der Waals surface area contributed by atoms with Crippen LogP contribution in [0.5, 0.6) is 6.01 Å². The molecule has 132 valence electrons. The van der Waals surface area contributed by atoms with Gasteiger partial charge in [-0.15, -0.1) is 0 Å². The van der Waals surface area contributed by atoms with Crippen LogP contribution in [0.15, 0.2) is 41.3 Å². The molecule has 0 radical (unpaired) electrons. The first-order chi connectivity index (χ1) is 12.0. The van der Waals surface area contributed by atoms with Gasteiger partial charge in [0, 0.05) is 31.4 Å². The van der Waals surface area contributed by atoms with E-state index in [9.17, 15) is 13.2 Å². The molecule has 2 fully saturated rings. The topological polar surface area (TPSA) is 103 Å². The van der Waals surface area contributed by atoms with Gasteiger partial charge in [-0.3, -0.25) is 4.79 Å². The molecule has 4 rings (SSSR count). The highest BCUT2D eigenvalue weighted by Crippen LogP contribution is 2.45. The van der Waals surface area contributed by atoms with Crippen LogP contribution in [0.3, 0.4) is 0 Å². The number of ether oxygens (including phenoxy) is 1. The summed E-state index contributed by atoms with van der Waals surface area (Å²) in [6, 6.07) is 5.11. The SMILES string of the molecule is O=C(c1ccco1)N1CC2(C1)[C@@H](COc1ncccn1)CCS2(=O)=O. The molecular formula is C16H17N3O5S. The van der Waals surface area contributed by atoms with Crippen LogP contribution in [-0.4, -0.2) is 59.4 Å². The Kier molecular flexibility index (Phi) is 3.75. The van der Waals surface area contributed by atoms with Crippen molar-refractivity contribution < 1.29 is 22.4 Å². The lowest BCUT2D eigenvalue weighted by Gasteiger charge is -2.49. The van der Waals surface area contributed by atoms with Crippen LogP contribution in [0.25, 0.3) is 0 Å². The van der Waals surface area contributed by atoms with E-state index in [0.717, 1.165) is 0 Å². The number of carbonyl (C=O) groups excluding carboxylic acids is 1. The summed E-state index contributed by atoms with van der Waals surface area (Å²) in [5.41, 5.74) is 0. The van der Waals surface area contributed by atoms with E-state index < -0.39 is 14.6 Å². The van der Waals surface area contributed by atoms with E-state index >= 15 is 0 Å². The predicted molar refractivity (Wildman–Crippen MR) is 86.8 cm³/mol. The molecule has 0 bridgehead atoms. The Hall–Kier alpha value is -2.42. The second-order valence-corrected chi connectivity index (χ2v) is 8.80. The van der Waals surface area contributed by atoms with Crippen LogP contribution in [0.1, 0.15) is 17.0 Å². The lowest BCUT2D eigenvalue weighted by Crippen LogP contribution is -2.68. The summed E-state index contributed by atoms with van der Waals surface area (Å²) in [7, 11) is -3.28. The molecule has 2 saturated heterocycles. The number of rotatable bonds is 4. The molecule has 2 aromatic heterocycles. The molecule has 2 aromatic rings. The van der Waals surface area contributed by atoms with Gasteiger partial charge in [-0.1, -0.05) is 0 Å². The monoisotopic (exact) mass is 363 g/mol. The molecule has 0 aromatic carbocycles. The van der Waals surface area contributed by atoms with E-state index in [1.807, 2.05) is 0 Å². The standard InChI is InChI=1S/C16H17N3O5S/c20-14(13-3-1-7-23-13)19-10-16(11-19)12(4-8-25(16,21)22)9-24-15-17-5-2-6-18-15/h1-3,5-7,12H,4,8-11H2/t12-/m1/s1. The van der Waals surface area contributed by atoms with Crippen molar-refractivity contribution >= 4 is 15.7 Å². The van der Waals surface area contributed by atoms with Crippen LogP contribution >= 0.6 is 0 Å². The summed E-state index contributed by atoms with van der Waals surface area (Å²) < 4.78 is 34.9. The van der Waals surface area contributed by atoms with Gasteiger partial charge >= 0.3 is 6.01 Å². The molecule has 25 heavy (non-hydrogen) atoms. The third-order valence-electron chi connectivity index (χ3n) is 4.99. The van der Waals surface area contributed by atoms with Gasteiger partial charge in [-0.25, -0.2) is 18.4 Å². The molecule has 0 aliphatic carbocycles. The van der Waals surface area contributed by atoms with Crippen molar-refractivity contribution in [3.8, 4) is 6.01 Å². The van der Waals surface area contributed by atoms with Gasteiger partial charge in [0.1, 0.15) is 4.75 Å². The van der Waals surface area contributed by atoms with Crippen molar-refractivity contribution in [2.75, 3.05) is 25.4 Å². The summed E-state index contributed by atoms with van der Waals surface area (Å²) >= 11 is 0. The smallest absolute Gasteiger partial charge is 0.316 e. The molecular weight excluding hydrogens is 346 g/mol. The summed E-state index contributed by atoms with van der Waals surface area (Å²) in [5, 5.41) is 0. The molecule has 1 spiro atoms. The van der Waals surface area contributed by atoms with E-state index in [-0.39, 0.29) is 49.0 Å². The van der Waals surface area contributed by atoms with Crippen molar-refractivity contribution in [2.45, 2.75) is 11.2 Å². The number of nitrogens with zero attached hydrogens (tertiary/aromatic N) is 3. The Labute approximate surface area is 144 Å². The predicted octanol–water partition coefficient (Wildman–Crippen LogP) is 0.778. The maximum Gasteiger partial charge on any atom is 0.316 e. The summed E-state index contributed by atoms with van der Waals surface area (Å²) in [6.07, 6.45) is 5.07. The zero-order valence-corrected chi connectivity index (χ0v) is 14.2. The Bertz CT molecular complexity index is 860. The van der Waals surface area contributed by atoms with E-state index in [1.54, 1.807) is 30.6 Å². The molecule has 0 N–H and O–H groups in total. The first kappa shape index (κ1) is 16.1. The van der Waals surface area contributed by atoms with E-state index in [1.165, 1.54) is 11.2 Å². The number of hydrogen-bond donors (Lipinski definition) is 0. The number of furan rings is 1. The molecule has 0 unspecified atom stereocenters. The second kappa shape index (κ2) is 5.83. The molecule has 0 saturated carbocycles. The first-order valence-corrected chi connectivity index (χ1v) is 9.62. The number of carbonyl (C=O) groups is 1. The van der Waals surface area contributed by atoms with Crippen LogP contribution in [0, 0.1) is 5.92 Å². The average Bonchev–Trinajstić information content (AvgIpc) is 3.18. The van der Waals surface area contributed by atoms with Gasteiger partial charge < -0.3 is 14.1 Å². The quantitative estimate of drug-likeness (QED) is 0.791. The van der Waals surface area contributed by atoms with Crippen LogP contribution in [0.2, 0.25) is 0 Å². The summed E-state index contributed by atoms with van der Waals surface area (Å²) in [4.78, 5) is 21.8. The highest BCUT2D eigenvalue weighted by Gasteiger charge is 2.63. The van der Waals surface area contributed by atoms with E-state index in [0.29, 0.717) is 6.42 Å². The maximum absolute atomic E-state index is 12.6. The van der Waals surface area contributed by atoms with Crippen molar-refractivity contribution in [1.29, 1.82) is 0 Å². The van der Waals surface area contributed by atoms with Crippen molar-refractivity contribution in [3.05, 3.63) is 42.6 Å². The van der Waals surface area contributed by atoms with Gasteiger partial charge in [-0.05, 0) is 24.6 Å². The van der Waals surface area contributed by atoms with Gasteiger partial charge in [0.05, 0.1) is 18.6 Å². The molecule has 9 heteroatoms. The minimum atomic E-state index is -3.28. The number of hydrogen-bond acceptors (Lipinski definition) is 7. The highest BCUT2D eigenvalue weighted by atomic mass is 32.2. The second-order valence-electron chi connectivity index (χ2n) is 6.35. The zero-order valence-electron chi connectivity index (χ0n) is 13.4. The van der Waals surface area contributed by atoms with Crippen molar-refractivity contribution in [3.63, 3.8) is 0 Å². The first-order valence-electron chi connectivity index (χ1n) is 7.97. The number of amides is 1. The van der Waals surface area contributed by atoms with Gasteiger partial charge in [-0.2, -0.15) is 0 Å². The minimum Gasteiger partial charge on any atom is -0.463 e. The largest absolute Gasteiger partial charge is 0.463 e. The normalized spacial score (nSPS) is 23.4. The van der Waals surface area contributed by atoms with Crippen LogP contribution < -0.4 is 4.74 Å². The molecule has 1 atom stereocenters. The fourth-order valence-corrected chi connectivity index (χ4v) is 5.94. The van der Waals surface area contributed by atoms with Gasteiger partial charge in [0.15, 0.2) is 15.6 Å². The number of aromatic nitrogens is 2. The van der Waals surface area contributed by atoms with E-state index in [2.05, 4.69) is 9.97 Å². The maximum atomic E-state index is 12.6. The zero-order chi connectivity index (χ0) is 17.5. The third kappa shape index (κ3) is 2.58. The Morgan fingerprint density at radius 1 is 1.32 bits per heavy atom. The highest BCUT2D eigenvalue weighted by molar-refractivity contribution is 7.93. The Balaban J connectivity index is 1.47. The van der Waals surface area contributed by atoms with Gasteiger partial charge in [0.2, 0.25) is 0 Å². The minimum absolute atomic E-state index is 0.111. The number of likely N-dealkylation sites (tertiary alicyclic amines) is 1. The van der Waals surface area contributed by atoms with E-state index in [4.69, 9.17) is 9.15 Å². The van der Waals surface area contributed by atoms with Crippen LogP contribution in [-0.2, 0) is 9.84 Å². The number of sulfone groups is 1. The summed E-state index contributed by atoms with van der Waals surface area (Å²) in [6.45, 7) is 0.545.